The highest BCUT2D eigenvalue weighted by Gasteiger charge is 2.39. The Balaban J connectivity index is 1.95. The van der Waals surface area contributed by atoms with Crippen LogP contribution in [0, 0.1) is 17.8 Å². The number of piperidine rings is 1. The summed E-state index contributed by atoms with van der Waals surface area (Å²) in [6, 6.07) is 3.85. The van der Waals surface area contributed by atoms with Gasteiger partial charge >= 0.3 is 17.9 Å². The van der Waals surface area contributed by atoms with Gasteiger partial charge < -0.3 is 35.2 Å². The molecule has 3 amide bonds. The summed E-state index contributed by atoms with van der Waals surface area (Å²) in [6.07, 6.45) is 3.31. The maximum Gasteiger partial charge on any atom is 0.307 e. The second-order valence-corrected chi connectivity index (χ2v) is 16.7. The number of esters is 2. The number of carbonyl (C=O) groups excluding carboxylic acids is 5. The summed E-state index contributed by atoms with van der Waals surface area (Å²) in [7, 11) is 1.90. The normalized spacial score (nSPS) is 17.6. The Morgan fingerprint density at radius 1 is 1.02 bits per heavy atom. The van der Waals surface area contributed by atoms with Crippen molar-refractivity contribution < 1.29 is 48.5 Å². The molecule has 0 unspecified atom stereocenters. The molecule has 0 bridgehead atoms. The fourth-order valence-electron chi connectivity index (χ4n) is 7.07. The van der Waals surface area contributed by atoms with Crippen molar-refractivity contribution in [3.8, 4) is 5.75 Å². The van der Waals surface area contributed by atoms with E-state index in [0.717, 1.165) is 36.3 Å². The van der Waals surface area contributed by atoms with Crippen LogP contribution in [-0.4, -0.2) is 105 Å². The molecule has 4 N–H and O–H groups in total. The molecule has 0 radical (unpaired) electrons. The van der Waals surface area contributed by atoms with E-state index in [1.54, 1.807) is 19.1 Å². The van der Waals surface area contributed by atoms with Crippen molar-refractivity contribution in [2.75, 3.05) is 20.3 Å². The monoisotopic (exact) mass is 829 g/mol. The number of ether oxygens (including phenoxy) is 2. The van der Waals surface area contributed by atoms with Gasteiger partial charge in [0.1, 0.15) is 22.5 Å². The van der Waals surface area contributed by atoms with E-state index in [9.17, 15) is 39.0 Å². The van der Waals surface area contributed by atoms with E-state index in [2.05, 4.69) is 15.6 Å². The van der Waals surface area contributed by atoms with Crippen molar-refractivity contribution in [2.24, 2.45) is 17.8 Å². The number of thiazole rings is 1. The van der Waals surface area contributed by atoms with Gasteiger partial charge in [0.05, 0.1) is 12.0 Å². The first-order valence-corrected chi connectivity index (χ1v) is 21.2. The van der Waals surface area contributed by atoms with Crippen LogP contribution in [0.5, 0.6) is 5.75 Å². The van der Waals surface area contributed by atoms with Crippen LogP contribution < -0.4 is 10.6 Å². The number of aliphatic carboxylic acids is 1. The van der Waals surface area contributed by atoms with Crippen molar-refractivity contribution in [1.82, 2.24) is 25.4 Å². The van der Waals surface area contributed by atoms with E-state index in [1.165, 1.54) is 29.3 Å². The minimum absolute atomic E-state index is 0.0330. The van der Waals surface area contributed by atoms with E-state index >= 15 is 0 Å². The largest absolute Gasteiger partial charge is 0.508 e. The second kappa shape index (κ2) is 23.1. The number of hydrogen-bond acceptors (Lipinski definition) is 12. The van der Waals surface area contributed by atoms with Gasteiger partial charge in [-0.3, -0.25) is 33.7 Å². The smallest absolute Gasteiger partial charge is 0.307 e. The van der Waals surface area contributed by atoms with Gasteiger partial charge in [0.2, 0.25) is 11.8 Å². The van der Waals surface area contributed by atoms with Crippen LogP contribution in [-0.2, 0) is 39.9 Å². The zero-order valence-electron chi connectivity index (χ0n) is 35.2. The zero-order chi connectivity index (χ0) is 43.1. The number of likely N-dealkylation sites (tertiary alicyclic amines) is 1. The lowest BCUT2D eigenvalue weighted by atomic mass is 9.92. The quantitative estimate of drug-likeness (QED) is 0.0863. The first kappa shape index (κ1) is 47.8. The third-order valence-electron chi connectivity index (χ3n) is 10.7. The number of phenolic OH excluding ortho intramolecular Hbond substituents is 1. The number of phenols is 1. The Morgan fingerprint density at radius 3 is 2.29 bits per heavy atom. The molecule has 1 aromatic heterocycles. The van der Waals surface area contributed by atoms with E-state index in [1.807, 2.05) is 46.6 Å². The number of aromatic nitrogens is 1. The van der Waals surface area contributed by atoms with E-state index in [-0.39, 0.29) is 61.2 Å². The lowest BCUT2D eigenvalue weighted by molar-refractivity contribution is -0.160. The Kier molecular flexibility index (Phi) is 19.1. The molecule has 1 aliphatic rings. The summed E-state index contributed by atoms with van der Waals surface area (Å²) in [4.78, 5) is 87.0. The summed E-state index contributed by atoms with van der Waals surface area (Å²) in [5, 5.41) is 27.1. The van der Waals surface area contributed by atoms with Crippen LogP contribution in [0.1, 0.15) is 127 Å². The van der Waals surface area contributed by atoms with Crippen molar-refractivity contribution in [1.29, 1.82) is 0 Å². The molecule has 2 heterocycles. The Bertz CT molecular complexity index is 1680. The zero-order valence-corrected chi connectivity index (χ0v) is 36.0. The summed E-state index contributed by atoms with van der Waals surface area (Å²) >= 11 is 1.10. The summed E-state index contributed by atoms with van der Waals surface area (Å²) in [5.41, 5.74) is 0.816. The molecule has 2 aromatic rings. The molecule has 0 saturated carbocycles. The van der Waals surface area contributed by atoms with Crippen LogP contribution in [0.3, 0.4) is 0 Å². The highest BCUT2D eigenvalue weighted by molar-refractivity contribution is 7.09. The molecule has 0 aliphatic carbocycles. The Morgan fingerprint density at radius 2 is 1.71 bits per heavy atom. The maximum atomic E-state index is 14.7. The van der Waals surface area contributed by atoms with E-state index < -0.39 is 59.9 Å². The molecule has 58 heavy (non-hydrogen) atoms. The summed E-state index contributed by atoms with van der Waals surface area (Å²) < 4.78 is 11.5. The fraction of sp³-hybridized carbons (Fsp3) is 0.643. The number of likely N-dealkylation sites (N-methyl/N-ethyl adjacent to an activating group) is 1. The minimum atomic E-state index is -1.01. The highest BCUT2D eigenvalue weighted by atomic mass is 32.1. The molecule has 1 aliphatic heterocycles. The lowest BCUT2D eigenvalue weighted by Crippen LogP contribution is -2.59. The van der Waals surface area contributed by atoms with Gasteiger partial charge in [-0.05, 0) is 75.2 Å². The molecule has 16 heteroatoms. The van der Waals surface area contributed by atoms with Crippen LogP contribution in [0.25, 0.3) is 0 Å². The number of aromatic hydroxyl groups is 1. The van der Waals surface area contributed by atoms with Crippen molar-refractivity contribution in [2.45, 2.75) is 137 Å². The average Bonchev–Trinajstić information content (AvgIpc) is 3.67. The number of amides is 3. The number of carbonyl (C=O) groups is 6. The molecule has 15 nitrogen and oxygen atoms in total. The van der Waals surface area contributed by atoms with Crippen LogP contribution in [0.15, 0.2) is 29.6 Å². The molecule has 0 spiro atoms. The Labute approximate surface area is 346 Å². The number of rotatable bonds is 22. The van der Waals surface area contributed by atoms with Gasteiger partial charge in [-0.25, -0.2) is 4.98 Å². The summed E-state index contributed by atoms with van der Waals surface area (Å²) in [5.74, 6) is -4.54. The van der Waals surface area contributed by atoms with Crippen molar-refractivity contribution >= 4 is 47.0 Å². The van der Waals surface area contributed by atoms with Crippen LogP contribution in [0.4, 0.5) is 0 Å². The maximum absolute atomic E-state index is 14.7. The number of nitrogens with zero attached hydrogens (tertiary/aromatic N) is 3. The number of benzene rings is 1. The highest BCUT2D eigenvalue weighted by Crippen LogP contribution is 2.32. The number of hydrogen-bond donors (Lipinski definition) is 4. The minimum Gasteiger partial charge on any atom is -0.508 e. The average molecular weight is 830 g/mol. The molecule has 1 aromatic carbocycles. The number of carboxylic acids is 1. The van der Waals surface area contributed by atoms with Crippen LogP contribution in [0.2, 0.25) is 0 Å². The summed E-state index contributed by atoms with van der Waals surface area (Å²) in [6.45, 7) is 12.7. The van der Waals surface area contributed by atoms with Crippen LogP contribution >= 0.6 is 11.3 Å². The molecular weight excluding hydrogens is 767 g/mol. The molecular formula is C42H63N5O10S. The van der Waals surface area contributed by atoms with E-state index in [4.69, 9.17) is 9.47 Å². The molecule has 322 valence electrons. The van der Waals surface area contributed by atoms with Gasteiger partial charge in [-0.1, -0.05) is 66.5 Å². The second-order valence-electron chi connectivity index (χ2n) is 15.8. The standard InChI is InChI=1S/C42H63N5O10S/c1-9-13-36(50)56-24-47(41(53)37(26(5)10-2)45-39(52)33-14-11-12-19-46(33)8)34(25(3)4)22-35(57-28(7)48)40-44-32(23-58-40)38(51)43-30(20-27(6)42(54)55)21-29-15-17-31(49)18-16-29/h15-18,23,25-27,30,33-35,37,49H,9-14,19-22,24H2,1-8H3,(H,43,51)(H,45,52)(H,54,55)/t26-,27+,30+,33-,34+,35+,37+/m1/s1. The van der Waals surface area contributed by atoms with Gasteiger partial charge in [0.15, 0.2) is 12.8 Å². The topological polar surface area (TPSA) is 205 Å². The van der Waals surface area contributed by atoms with Gasteiger partial charge in [0, 0.05) is 37.2 Å². The fourth-order valence-corrected chi connectivity index (χ4v) is 7.91. The molecule has 1 fully saturated rings. The molecule has 7 atom stereocenters. The SMILES string of the molecule is CCCC(=O)OCN(C(=O)[C@@H](NC(=O)[C@H]1CCCCN1C)[C@H](C)CC)[C@@H](C[C@H](OC(C)=O)c1nc(C(=O)N[C@H](Cc2ccc(O)cc2)C[C@H](C)C(=O)O)cs1)C(C)C. The number of nitrogens with one attached hydrogen (secondary N) is 2. The van der Waals surface area contributed by atoms with Gasteiger partial charge in [-0.15, -0.1) is 11.3 Å². The number of carboxylic acid groups (broad SMARTS) is 1. The predicted octanol–water partition coefficient (Wildman–Crippen LogP) is 5.46. The van der Waals surface area contributed by atoms with Crippen molar-refractivity contribution in [3.63, 3.8) is 0 Å². The molecule has 1 saturated heterocycles. The van der Waals surface area contributed by atoms with Gasteiger partial charge in [0.25, 0.3) is 5.91 Å². The van der Waals surface area contributed by atoms with Gasteiger partial charge in [-0.2, -0.15) is 0 Å². The third kappa shape index (κ3) is 14.4. The first-order chi connectivity index (χ1) is 27.4. The van der Waals surface area contributed by atoms with Crippen molar-refractivity contribution in [3.05, 3.63) is 45.9 Å². The third-order valence-corrected chi connectivity index (χ3v) is 11.7. The Hall–Kier alpha value is -4.57. The lowest BCUT2D eigenvalue weighted by Gasteiger charge is -2.39. The predicted molar refractivity (Wildman–Crippen MR) is 219 cm³/mol. The first-order valence-electron chi connectivity index (χ1n) is 20.4. The molecule has 3 rings (SSSR count). The van der Waals surface area contributed by atoms with E-state index in [0.29, 0.717) is 30.7 Å².